The predicted molar refractivity (Wildman–Crippen MR) is 104 cm³/mol. The van der Waals surface area contributed by atoms with Crippen LogP contribution in [0, 0.1) is 10.1 Å². The van der Waals surface area contributed by atoms with Gasteiger partial charge in [0.2, 0.25) is 0 Å². The Labute approximate surface area is 171 Å². The van der Waals surface area contributed by atoms with Crippen LogP contribution in [0.1, 0.15) is 41.3 Å². The summed E-state index contributed by atoms with van der Waals surface area (Å²) < 4.78 is 9.79. The van der Waals surface area contributed by atoms with Crippen LogP contribution in [0.25, 0.3) is 0 Å². The standard InChI is InChI=1S/C20H18ClNO7/c1-3-28-19(24)16(20(25)29-4-2)14-6-5-7-15(17(14)22(26)27)18(23)12-8-10-13(21)11-9-12/h5-11,16H,3-4H2,1-2H3. The largest absolute Gasteiger partial charge is 0.465 e. The molecule has 9 heteroatoms. The summed E-state index contributed by atoms with van der Waals surface area (Å²) in [6.45, 7) is 3.00. The van der Waals surface area contributed by atoms with Gasteiger partial charge in [0, 0.05) is 10.6 Å². The minimum absolute atomic E-state index is 0.0358. The first kappa shape index (κ1) is 22.0. The first-order valence-corrected chi connectivity index (χ1v) is 9.10. The summed E-state index contributed by atoms with van der Waals surface area (Å²) >= 11 is 5.82. The van der Waals surface area contributed by atoms with Crippen LogP contribution < -0.4 is 0 Å². The molecule has 0 heterocycles. The first-order valence-electron chi connectivity index (χ1n) is 8.72. The average Bonchev–Trinajstić information content (AvgIpc) is 2.68. The number of hydrogen-bond donors (Lipinski definition) is 0. The number of ether oxygens (including phenoxy) is 2. The highest BCUT2D eigenvalue weighted by Crippen LogP contribution is 2.33. The van der Waals surface area contributed by atoms with Crippen molar-refractivity contribution >= 4 is 35.0 Å². The molecule has 0 aromatic heterocycles. The van der Waals surface area contributed by atoms with Crippen molar-refractivity contribution in [3.63, 3.8) is 0 Å². The first-order chi connectivity index (χ1) is 13.8. The molecular formula is C20H18ClNO7. The van der Waals surface area contributed by atoms with Crippen LogP contribution in [-0.4, -0.2) is 35.9 Å². The molecule has 0 unspecified atom stereocenters. The zero-order valence-electron chi connectivity index (χ0n) is 15.7. The zero-order valence-corrected chi connectivity index (χ0v) is 16.5. The molecule has 0 radical (unpaired) electrons. The summed E-state index contributed by atoms with van der Waals surface area (Å²) in [6.07, 6.45) is 0. The van der Waals surface area contributed by atoms with Crippen LogP contribution in [-0.2, 0) is 19.1 Å². The molecule has 0 saturated carbocycles. The van der Waals surface area contributed by atoms with Gasteiger partial charge in [-0.25, -0.2) is 0 Å². The van der Waals surface area contributed by atoms with Gasteiger partial charge >= 0.3 is 11.9 Å². The number of nitrogens with zero attached hydrogens (tertiary/aromatic N) is 1. The van der Waals surface area contributed by atoms with Gasteiger partial charge in [-0.2, -0.15) is 0 Å². The monoisotopic (exact) mass is 419 g/mol. The van der Waals surface area contributed by atoms with Crippen molar-refractivity contribution in [1.29, 1.82) is 0 Å². The Bertz CT molecular complexity index is 922. The molecule has 2 aromatic rings. The number of para-hydroxylation sites is 1. The highest BCUT2D eigenvalue weighted by Gasteiger charge is 2.39. The van der Waals surface area contributed by atoms with Gasteiger partial charge in [0.1, 0.15) is 5.56 Å². The molecule has 29 heavy (non-hydrogen) atoms. The average molecular weight is 420 g/mol. The summed E-state index contributed by atoms with van der Waals surface area (Å²) in [5.74, 6) is -4.33. The van der Waals surface area contributed by atoms with E-state index in [9.17, 15) is 24.5 Å². The molecule has 0 amide bonds. The highest BCUT2D eigenvalue weighted by atomic mass is 35.5. The van der Waals surface area contributed by atoms with E-state index in [1.807, 2.05) is 0 Å². The number of esters is 2. The molecule has 0 fully saturated rings. The molecule has 0 saturated heterocycles. The smallest absolute Gasteiger partial charge is 0.325 e. The van der Waals surface area contributed by atoms with Crippen molar-refractivity contribution in [3.8, 4) is 0 Å². The van der Waals surface area contributed by atoms with Crippen LogP contribution in [0.3, 0.4) is 0 Å². The van der Waals surface area contributed by atoms with Gasteiger partial charge in [-0.15, -0.1) is 0 Å². The van der Waals surface area contributed by atoms with Gasteiger partial charge in [-0.05, 0) is 44.2 Å². The number of halogens is 1. The van der Waals surface area contributed by atoms with E-state index in [0.29, 0.717) is 5.02 Å². The van der Waals surface area contributed by atoms with Gasteiger partial charge in [0.25, 0.3) is 5.69 Å². The van der Waals surface area contributed by atoms with E-state index in [2.05, 4.69) is 0 Å². The topological polar surface area (TPSA) is 113 Å². The summed E-state index contributed by atoms with van der Waals surface area (Å²) in [6, 6.07) is 9.65. The molecule has 0 aliphatic heterocycles. The van der Waals surface area contributed by atoms with Crippen molar-refractivity contribution < 1.29 is 28.8 Å². The Morgan fingerprint density at radius 1 is 1.00 bits per heavy atom. The molecule has 0 aliphatic carbocycles. The van der Waals surface area contributed by atoms with Gasteiger partial charge in [-0.3, -0.25) is 24.5 Å². The molecule has 0 N–H and O–H groups in total. The van der Waals surface area contributed by atoms with Gasteiger partial charge in [-0.1, -0.05) is 23.7 Å². The summed E-state index contributed by atoms with van der Waals surface area (Å²) in [7, 11) is 0. The highest BCUT2D eigenvalue weighted by molar-refractivity contribution is 6.30. The summed E-state index contributed by atoms with van der Waals surface area (Å²) in [5.41, 5.74) is -1.03. The zero-order chi connectivity index (χ0) is 21.6. The van der Waals surface area contributed by atoms with Crippen LogP contribution in [0.4, 0.5) is 5.69 Å². The SMILES string of the molecule is CCOC(=O)C(C(=O)OCC)c1cccc(C(=O)c2ccc(Cl)cc2)c1[N+](=O)[O-]. The fourth-order valence-electron chi connectivity index (χ4n) is 2.74. The van der Waals surface area contributed by atoms with E-state index in [4.69, 9.17) is 21.1 Å². The van der Waals surface area contributed by atoms with E-state index < -0.39 is 34.3 Å². The maximum absolute atomic E-state index is 12.9. The van der Waals surface area contributed by atoms with Gasteiger partial charge < -0.3 is 9.47 Å². The normalized spacial score (nSPS) is 10.5. The van der Waals surface area contributed by atoms with E-state index in [0.717, 1.165) is 0 Å². The number of nitro benzene ring substituents is 1. The second kappa shape index (κ2) is 9.79. The van der Waals surface area contributed by atoms with Crippen LogP contribution in [0.5, 0.6) is 0 Å². The van der Waals surface area contributed by atoms with Crippen molar-refractivity contribution in [2.75, 3.05) is 13.2 Å². The Hall–Kier alpha value is -3.26. The second-order valence-electron chi connectivity index (χ2n) is 5.77. The fourth-order valence-corrected chi connectivity index (χ4v) is 2.87. The molecule has 2 rings (SSSR count). The number of rotatable bonds is 8. The fraction of sp³-hybridized carbons (Fsp3) is 0.250. The molecule has 0 aliphatic rings. The lowest BCUT2D eigenvalue weighted by Crippen LogP contribution is -2.27. The number of benzene rings is 2. The van der Waals surface area contributed by atoms with Crippen molar-refractivity contribution in [1.82, 2.24) is 0 Å². The Balaban J connectivity index is 2.65. The maximum Gasteiger partial charge on any atom is 0.325 e. The number of hydrogen-bond acceptors (Lipinski definition) is 7. The van der Waals surface area contributed by atoms with E-state index in [1.165, 1.54) is 56.3 Å². The molecule has 0 atom stereocenters. The Morgan fingerprint density at radius 2 is 1.55 bits per heavy atom. The molecule has 2 aromatic carbocycles. The van der Waals surface area contributed by atoms with Crippen LogP contribution >= 0.6 is 11.6 Å². The van der Waals surface area contributed by atoms with Gasteiger partial charge in [0.05, 0.1) is 23.7 Å². The number of carbonyl (C=O) groups excluding carboxylic acids is 3. The molecule has 0 bridgehead atoms. The third-order valence-electron chi connectivity index (χ3n) is 3.96. The van der Waals surface area contributed by atoms with Gasteiger partial charge in [0.15, 0.2) is 11.7 Å². The van der Waals surface area contributed by atoms with Crippen molar-refractivity contribution in [2.45, 2.75) is 19.8 Å². The van der Waals surface area contributed by atoms with Crippen LogP contribution in [0.2, 0.25) is 5.02 Å². The minimum atomic E-state index is -1.69. The van der Waals surface area contributed by atoms with E-state index in [-0.39, 0.29) is 29.9 Å². The van der Waals surface area contributed by atoms with Crippen molar-refractivity contribution in [3.05, 3.63) is 74.3 Å². The lowest BCUT2D eigenvalue weighted by Gasteiger charge is -2.16. The summed E-state index contributed by atoms with van der Waals surface area (Å²) in [5, 5.41) is 12.2. The Morgan fingerprint density at radius 3 is 2.03 bits per heavy atom. The number of nitro groups is 1. The third-order valence-corrected chi connectivity index (χ3v) is 4.21. The van der Waals surface area contributed by atoms with Crippen molar-refractivity contribution in [2.24, 2.45) is 0 Å². The predicted octanol–water partition coefficient (Wildman–Crippen LogP) is 3.69. The van der Waals surface area contributed by atoms with E-state index in [1.54, 1.807) is 0 Å². The number of carbonyl (C=O) groups is 3. The second-order valence-corrected chi connectivity index (χ2v) is 6.21. The van der Waals surface area contributed by atoms with E-state index >= 15 is 0 Å². The lowest BCUT2D eigenvalue weighted by molar-refractivity contribution is -0.385. The molecule has 8 nitrogen and oxygen atoms in total. The number of ketones is 1. The third kappa shape index (κ3) is 4.97. The minimum Gasteiger partial charge on any atom is -0.465 e. The summed E-state index contributed by atoms with van der Waals surface area (Å²) in [4.78, 5) is 48.6. The molecule has 152 valence electrons. The molecular weight excluding hydrogens is 402 g/mol. The quantitative estimate of drug-likeness (QED) is 0.211. The van der Waals surface area contributed by atoms with Crippen LogP contribution in [0.15, 0.2) is 42.5 Å². The Kier molecular flexibility index (Phi) is 7.44. The maximum atomic E-state index is 12.9. The lowest BCUT2D eigenvalue weighted by atomic mass is 9.92. The molecule has 0 spiro atoms.